The largest absolute Gasteiger partial charge is 0.493 e. The molecule has 4 rings (SSSR count). The third kappa shape index (κ3) is 5.00. The Bertz CT molecular complexity index is 798. The van der Waals surface area contributed by atoms with Gasteiger partial charge in [-0.25, -0.2) is 4.39 Å². The van der Waals surface area contributed by atoms with Gasteiger partial charge in [0.1, 0.15) is 11.6 Å². The van der Waals surface area contributed by atoms with E-state index in [0.29, 0.717) is 18.4 Å². The van der Waals surface area contributed by atoms with Crippen LogP contribution >= 0.6 is 0 Å². The summed E-state index contributed by atoms with van der Waals surface area (Å²) in [7, 11) is 0. The molecule has 1 saturated heterocycles. The van der Waals surface area contributed by atoms with Gasteiger partial charge in [-0.2, -0.15) is 0 Å². The van der Waals surface area contributed by atoms with Crippen LogP contribution in [-0.2, 0) is 4.74 Å². The molecule has 2 heterocycles. The van der Waals surface area contributed by atoms with E-state index in [1.807, 2.05) is 37.3 Å². The first-order valence-corrected chi connectivity index (χ1v) is 10.3. The van der Waals surface area contributed by atoms with E-state index in [1.54, 1.807) is 12.1 Å². The zero-order valence-corrected chi connectivity index (χ0v) is 16.8. The van der Waals surface area contributed by atoms with Crippen LogP contribution in [0.3, 0.4) is 0 Å². The summed E-state index contributed by atoms with van der Waals surface area (Å²) in [5, 5.41) is 0. The number of ether oxygens (including phenoxy) is 4. The predicted octanol–water partition coefficient (Wildman–Crippen LogP) is 4.08. The second-order valence-electron chi connectivity index (χ2n) is 7.53. The molecule has 156 valence electrons. The molecule has 0 aromatic heterocycles. The molecular formula is C23H28FNO4. The van der Waals surface area contributed by atoms with E-state index in [-0.39, 0.29) is 12.6 Å². The van der Waals surface area contributed by atoms with Crippen molar-refractivity contribution in [3.05, 3.63) is 53.8 Å². The van der Waals surface area contributed by atoms with Gasteiger partial charge in [0.2, 0.25) is 6.79 Å². The highest BCUT2D eigenvalue weighted by atomic mass is 19.1. The van der Waals surface area contributed by atoms with Crippen LogP contribution in [0.2, 0.25) is 0 Å². The van der Waals surface area contributed by atoms with Gasteiger partial charge >= 0.3 is 0 Å². The molecule has 2 atom stereocenters. The van der Waals surface area contributed by atoms with E-state index in [9.17, 15) is 4.39 Å². The molecule has 0 bridgehead atoms. The molecule has 2 aliphatic rings. The molecule has 0 saturated carbocycles. The summed E-state index contributed by atoms with van der Waals surface area (Å²) < 4.78 is 35.9. The normalized spacial score (nSPS) is 21.3. The van der Waals surface area contributed by atoms with Crippen molar-refractivity contribution >= 4 is 0 Å². The van der Waals surface area contributed by atoms with Crippen LogP contribution in [0, 0.1) is 11.7 Å². The van der Waals surface area contributed by atoms with Crippen molar-refractivity contribution in [3.8, 4) is 17.2 Å². The molecule has 0 aliphatic carbocycles. The minimum absolute atomic E-state index is 0.198. The van der Waals surface area contributed by atoms with E-state index < -0.39 is 0 Å². The lowest BCUT2D eigenvalue weighted by Crippen LogP contribution is -2.43. The van der Waals surface area contributed by atoms with Crippen LogP contribution in [-0.4, -0.2) is 51.1 Å². The third-order valence-electron chi connectivity index (χ3n) is 5.68. The highest BCUT2D eigenvalue weighted by molar-refractivity contribution is 5.46. The van der Waals surface area contributed by atoms with E-state index in [4.69, 9.17) is 18.9 Å². The lowest BCUT2D eigenvalue weighted by atomic mass is 9.81. The average Bonchev–Trinajstić information content (AvgIpc) is 3.21. The van der Waals surface area contributed by atoms with E-state index in [1.165, 1.54) is 5.56 Å². The Labute approximate surface area is 171 Å². The smallest absolute Gasteiger partial charge is 0.231 e. The zero-order valence-electron chi connectivity index (χ0n) is 16.8. The van der Waals surface area contributed by atoms with Gasteiger partial charge < -0.3 is 23.8 Å². The van der Waals surface area contributed by atoms with Crippen LogP contribution in [0.25, 0.3) is 0 Å². The van der Waals surface area contributed by atoms with Gasteiger partial charge in [-0.05, 0) is 55.6 Å². The molecule has 0 unspecified atom stereocenters. The molecule has 2 aromatic carbocycles. The molecule has 0 radical (unpaired) electrons. The van der Waals surface area contributed by atoms with Crippen LogP contribution < -0.4 is 14.2 Å². The molecule has 0 amide bonds. The van der Waals surface area contributed by atoms with E-state index >= 15 is 0 Å². The van der Waals surface area contributed by atoms with E-state index in [2.05, 4.69) is 4.90 Å². The molecule has 2 aliphatic heterocycles. The van der Waals surface area contributed by atoms with Gasteiger partial charge in [-0.15, -0.1) is 0 Å². The van der Waals surface area contributed by atoms with Crippen molar-refractivity contribution in [1.82, 2.24) is 4.90 Å². The van der Waals surface area contributed by atoms with Gasteiger partial charge in [-0.1, -0.05) is 12.1 Å². The topological polar surface area (TPSA) is 40.2 Å². The maximum absolute atomic E-state index is 13.4. The molecular weight excluding hydrogens is 373 g/mol. The number of nitrogens with zero attached hydrogens (tertiary/aromatic N) is 1. The lowest BCUT2D eigenvalue weighted by Gasteiger charge is -2.38. The average molecular weight is 401 g/mol. The van der Waals surface area contributed by atoms with Crippen molar-refractivity contribution in [2.75, 3.05) is 46.2 Å². The van der Waals surface area contributed by atoms with Crippen molar-refractivity contribution in [3.63, 3.8) is 0 Å². The summed E-state index contributed by atoms with van der Waals surface area (Å²) in [5.41, 5.74) is 1.18. The molecule has 1 fully saturated rings. The Balaban J connectivity index is 1.44. The Hall–Kier alpha value is -2.31. The number of halogens is 1. The van der Waals surface area contributed by atoms with Crippen LogP contribution in [0.4, 0.5) is 4.39 Å². The van der Waals surface area contributed by atoms with Crippen molar-refractivity contribution in [2.45, 2.75) is 19.3 Å². The fourth-order valence-corrected chi connectivity index (χ4v) is 4.14. The zero-order chi connectivity index (χ0) is 20.1. The summed E-state index contributed by atoms with van der Waals surface area (Å²) in [5.74, 6) is 2.70. The number of hydrogen-bond donors (Lipinski definition) is 0. The molecule has 6 heteroatoms. The van der Waals surface area contributed by atoms with Crippen LogP contribution in [0.15, 0.2) is 42.5 Å². The van der Waals surface area contributed by atoms with Crippen molar-refractivity contribution in [2.24, 2.45) is 5.92 Å². The Morgan fingerprint density at radius 2 is 1.93 bits per heavy atom. The highest BCUT2D eigenvalue weighted by Crippen LogP contribution is 2.37. The summed E-state index contributed by atoms with van der Waals surface area (Å²) in [4.78, 5) is 2.43. The Kier molecular flexibility index (Phi) is 6.52. The Morgan fingerprint density at radius 1 is 1.10 bits per heavy atom. The second kappa shape index (κ2) is 9.46. The number of rotatable bonds is 8. The lowest BCUT2D eigenvalue weighted by molar-refractivity contribution is 0.0705. The highest BCUT2D eigenvalue weighted by Gasteiger charge is 2.31. The van der Waals surface area contributed by atoms with Crippen molar-refractivity contribution in [1.29, 1.82) is 0 Å². The number of fused-ring (bicyclic) bond motifs is 1. The maximum Gasteiger partial charge on any atom is 0.231 e. The second-order valence-corrected chi connectivity index (χ2v) is 7.53. The van der Waals surface area contributed by atoms with Crippen molar-refractivity contribution < 1.29 is 23.3 Å². The van der Waals surface area contributed by atoms with Gasteiger partial charge in [0.15, 0.2) is 11.5 Å². The number of hydrogen-bond acceptors (Lipinski definition) is 5. The maximum atomic E-state index is 13.4. The number of likely N-dealkylation sites (tertiary alicyclic amines) is 1. The number of piperidine rings is 1. The minimum atomic E-state index is -0.198. The van der Waals surface area contributed by atoms with Gasteiger partial charge in [0.05, 0.1) is 13.2 Å². The molecule has 29 heavy (non-hydrogen) atoms. The summed E-state index contributed by atoms with van der Waals surface area (Å²) in [6.45, 7) is 7.20. The van der Waals surface area contributed by atoms with Gasteiger partial charge in [0, 0.05) is 31.7 Å². The predicted molar refractivity (Wildman–Crippen MR) is 108 cm³/mol. The van der Waals surface area contributed by atoms with Gasteiger partial charge in [-0.3, -0.25) is 0 Å². The third-order valence-corrected chi connectivity index (χ3v) is 5.68. The SMILES string of the molecule is CCOCCN1CC[C@H](c2ccc(F)cc2)[C@@H](COc2ccc3c(c2)OCO3)C1. The minimum Gasteiger partial charge on any atom is -0.493 e. The summed E-state index contributed by atoms with van der Waals surface area (Å²) >= 11 is 0. The monoisotopic (exact) mass is 401 g/mol. The van der Waals surface area contributed by atoms with E-state index in [0.717, 1.165) is 56.5 Å². The summed E-state index contributed by atoms with van der Waals surface area (Å²) in [6.07, 6.45) is 1.02. The first-order chi connectivity index (χ1) is 14.2. The molecule has 5 nitrogen and oxygen atoms in total. The molecule has 0 spiro atoms. The molecule has 2 aromatic rings. The first-order valence-electron chi connectivity index (χ1n) is 10.3. The number of benzene rings is 2. The Morgan fingerprint density at radius 3 is 2.76 bits per heavy atom. The fourth-order valence-electron chi connectivity index (χ4n) is 4.14. The van der Waals surface area contributed by atoms with Gasteiger partial charge in [0.25, 0.3) is 0 Å². The van der Waals surface area contributed by atoms with Crippen LogP contribution in [0.1, 0.15) is 24.8 Å². The fraction of sp³-hybridized carbons (Fsp3) is 0.478. The standard InChI is InChI=1S/C23H28FNO4/c1-2-26-12-11-25-10-9-21(17-3-5-19(24)6-4-17)18(14-25)15-27-20-7-8-22-23(13-20)29-16-28-22/h3-8,13,18,21H,2,9-12,14-16H2,1H3/t18-,21-/m1/s1. The quantitative estimate of drug-likeness (QED) is 0.624. The first kappa shape index (κ1) is 20.0. The summed E-state index contributed by atoms with van der Waals surface area (Å²) in [6, 6.07) is 12.6. The molecule has 0 N–H and O–H groups in total. The van der Waals surface area contributed by atoms with Crippen LogP contribution in [0.5, 0.6) is 17.2 Å².